The van der Waals surface area contributed by atoms with Crippen LogP contribution in [-0.2, 0) is 6.42 Å². The molecule has 1 aromatic rings. The third kappa shape index (κ3) is 3.96. The molecule has 1 nitrogen and oxygen atoms in total. The molecule has 0 spiro atoms. The Hall–Kier alpha value is -0.0500. The Balaban J connectivity index is 2.05. The summed E-state index contributed by atoms with van der Waals surface area (Å²) in [7, 11) is 2.11. The molecule has 3 heteroatoms. The first-order chi connectivity index (χ1) is 8.90. The predicted octanol–water partition coefficient (Wildman–Crippen LogP) is 4.99. The molecule has 3 atom stereocenters. The largest absolute Gasteiger partial charge is 0.317 e. The van der Waals surface area contributed by atoms with Crippen LogP contribution in [0.15, 0.2) is 12.1 Å². The molecule has 0 radical (unpaired) electrons. The van der Waals surface area contributed by atoms with Crippen molar-refractivity contribution in [1.29, 1.82) is 0 Å². The second-order valence-corrected chi connectivity index (χ2v) is 8.74. The maximum Gasteiger partial charge on any atom is 0.0931 e. The first-order valence-electron chi connectivity index (χ1n) is 7.31. The second kappa shape index (κ2) is 6.15. The van der Waals surface area contributed by atoms with Crippen LogP contribution in [0.2, 0.25) is 4.34 Å². The van der Waals surface area contributed by atoms with Gasteiger partial charge in [0.2, 0.25) is 0 Å². The summed E-state index contributed by atoms with van der Waals surface area (Å²) < 4.78 is 0.916. The van der Waals surface area contributed by atoms with Crippen LogP contribution < -0.4 is 5.32 Å². The van der Waals surface area contributed by atoms with Gasteiger partial charge in [-0.15, -0.1) is 11.3 Å². The van der Waals surface area contributed by atoms with Crippen LogP contribution >= 0.6 is 22.9 Å². The first-order valence-corrected chi connectivity index (χ1v) is 8.51. The molecule has 1 N–H and O–H groups in total. The van der Waals surface area contributed by atoms with Crippen LogP contribution in [0.3, 0.4) is 0 Å². The lowest BCUT2D eigenvalue weighted by Crippen LogP contribution is -2.42. The molecule has 19 heavy (non-hydrogen) atoms. The van der Waals surface area contributed by atoms with Gasteiger partial charge in [-0.2, -0.15) is 0 Å². The van der Waals surface area contributed by atoms with Gasteiger partial charge < -0.3 is 5.32 Å². The fourth-order valence-corrected chi connectivity index (χ4v) is 4.56. The molecule has 0 amide bonds. The summed E-state index contributed by atoms with van der Waals surface area (Å²) in [4.78, 5) is 1.44. The van der Waals surface area contributed by atoms with Gasteiger partial charge in [0, 0.05) is 10.9 Å². The van der Waals surface area contributed by atoms with E-state index in [1.807, 2.05) is 6.07 Å². The molecule has 1 saturated carbocycles. The van der Waals surface area contributed by atoms with E-state index in [4.69, 9.17) is 11.6 Å². The minimum atomic E-state index is 0.435. The highest BCUT2D eigenvalue weighted by Crippen LogP contribution is 2.41. The van der Waals surface area contributed by atoms with Gasteiger partial charge in [0.05, 0.1) is 4.34 Å². The Morgan fingerprint density at radius 1 is 1.32 bits per heavy atom. The van der Waals surface area contributed by atoms with Gasteiger partial charge in [-0.05, 0) is 62.1 Å². The zero-order valence-corrected chi connectivity index (χ0v) is 14.1. The van der Waals surface area contributed by atoms with Gasteiger partial charge in [0.1, 0.15) is 0 Å². The third-order valence-electron chi connectivity index (χ3n) is 4.67. The third-order valence-corrected chi connectivity index (χ3v) is 5.92. The van der Waals surface area contributed by atoms with Gasteiger partial charge in [-0.25, -0.2) is 0 Å². The standard InChI is InChI=1S/C16H26ClNS/c1-16(2,3)12-5-7-14(18-4)11(9-12)10-13-6-8-15(17)19-13/h6,8,11-12,14,18H,5,7,9-10H2,1-4H3. The van der Waals surface area contributed by atoms with Crippen molar-refractivity contribution in [1.82, 2.24) is 5.32 Å². The molecule has 0 aromatic carbocycles. The van der Waals surface area contributed by atoms with Crippen LogP contribution in [0.4, 0.5) is 0 Å². The highest BCUT2D eigenvalue weighted by atomic mass is 35.5. The zero-order valence-electron chi connectivity index (χ0n) is 12.5. The van der Waals surface area contributed by atoms with Crippen molar-refractivity contribution in [2.45, 2.75) is 52.5 Å². The van der Waals surface area contributed by atoms with Gasteiger partial charge in [0.25, 0.3) is 0 Å². The molecular formula is C16H26ClNS. The number of thiophene rings is 1. The zero-order chi connectivity index (χ0) is 14.0. The summed E-state index contributed by atoms with van der Waals surface area (Å²) >= 11 is 7.79. The first kappa shape index (κ1) is 15.3. The highest BCUT2D eigenvalue weighted by Gasteiger charge is 2.35. The van der Waals surface area contributed by atoms with Crippen LogP contribution in [0, 0.1) is 17.3 Å². The van der Waals surface area contributed by atoms with Crippen molar-refractivity contribution in [2.24, 2.45) is 17.3 Å². The molecular weight excluding hydrogens is 274 g/mol. The average molecular weight is 300 g/mol. The molecule has 0 bridgehead atoms. The van der Waals surface area contributed by atoms with E-state index in [-0.39, 0.29) is 0 Å². The predicted molar refractivity (Wildman–Crippen MR) is 86.2 cm³/mol. The Morgan fingerprint density at radius 3 is 2.58 bits per heavy atom. The molecule has 3 unspecified atom stereocenters. The van der Waals surface area contributed by atoms with Crippen molar-refractivity contribution in [2.75, 3.05) is 7.05 Å². The van der Waals surface area contributed by atoms with E-state index in [1.54, 1.807) is 11.3 Å². The highest BCUT2D eigenvalue weighted by molar-refractivity contribution is 7.16. The minimum absolute atomic E-state index is 0.435. The van der Waals surface area contributed by atoms with E-state index in [9.17, 15) is 0 Å². The van der Waals surface area contributed by atoms with Crippen LogP contribution in [0.25, 0.3) is 0 Å². The maximum atomic E-state index is 6.05. The lowest BCUT2D eigenvalue weighted by Gasteiger charge is -2.42. The van der Waals surface area contributed by atoms with E-state index in [2.05, 4.69) is 39.2 Å². The number of rotatable bonds is 3. The van der Waals surface area contributed by atoms with E-state index < -0.39 is 0 Å². The molecule has 2 rings (SSSR count). The summed E-state index contributed by atoms with van der Waals surface area (Å²) in [6.45, 7) is 7.16. The topological polar surface area (TPSA) is 12.0 Å². The summed E-state index contributed by atoms with van der Waals surface area (Å²) in [5.74, 6) is 1.59. The number of hydrogen-bond donors (Lipinski definition) is 1. The molecule has 1 aliphatic rings. The molecule has 1 aliphatic carbocycles. The summed E-state index contributed by atoms with van der Waals surface area (Å²) in [5.41, 5.74) is 0.435. The van der Waals surface area contributed by atoms with Gasteiger partial charge >= 0.3 is 0 Å². The summed E-state index contributed by atoms with van der Waals surface area (Å²) in [6, 6.07) is 4.89. The van der Waals surface area contributed by atoms with Crippen molar-refractivity contribution < 1.29 is 0 Å². The molecule has 0 saturated heterocycles. The molecule has 1 heterocycles. The van der Waals surface area contributed by atoms with Gasteiger partial charge in [-0.3, -0.25) is 0 Å². The lowest BCUT2D eigenvalue weighted by atomic mass is 9.67. The van der Waals surface area contributed by atoms with Crippen LogP contribution in [0.1, 0.15) is 44.9 Å². The molecule has 0 aliphatic heterocycles. The summed E-state index contributed by atoms with van der Waals surface area (Å²) in [5, 5.41) is 3.52. The van der Waals surface area contributed by atoms with E-state index in [0.717, 1.165) is 16.2 Å². The second-order valence-electron chi connectivity index (χ2n) is 6.94. The van der Waals surface area contributed by atoms with Crippen LogP contribution in [-0.4, -0.2) is 13.1 Å². The fourth-order valence-electron chi connectivity index (χ4n) is 3.38. The molecule has 1 aromatic heterocycles. The van der Waals surface area contributed by atoms with E-state index in [0.29, 0.717) is 11.5 Å². The smallest absolute Gasteiger partial charge is 0.0931 e. The average Bonchev–Trinajstić information content (AvgIpc) is 2.73. The molecule has 1 fully saturated rings. The van der Waals surface area contributed by atoms with Gasteiger partial charge in [0.15, 0.2) is 0 Å². The van der Waals surface area contributed by atoms with Crippen molar-refractivity contribution in [3.63, 3.8) is 0 Å². The SMILES string of the molecule is CNC1CCC(C(C)(C)C)CC1Cc1ccc(Cl)s1. The Kier molecular flexibility index (Phi) is 4.97. The van der Waals surface area contributed by atoms with Crippen molar-refractivity contribution in [3.05, 3.63) is 21.3 Å². The lowest BCUT2D eigenvalue weighted by molar-refractivity contribution is 0.117. The van der Waals surface area contributed by atoms with Crippen molar-refractivity contribution >= 4 is 22.9 Å². The van der Waals surface area contributed by atoms with E-state index >= 15 is 0 Å². The van der Waals surface area contributed by atoms with Crippen LogP contribution in [0.5, 0.6) is 0 Å². The van der Waals surface area contributed by atoms with Gasteiger partial charge in [-0.1, -0.05) is 32.4 Å². The number of hydrogen-bond acceptors (Lipinski definition) is 2. The Morgan fingerprint density at radius 2 is 2.05 bits per heavy atom. The number of nitrogens with one attached hydrogen (secondary N) is 1. The summed E-state index contributed by atoms with van der Waals surface area (Å²) in [6.07, 6.45) is 5.18. The maximum absolute atomic E-state index is 6.05. The number of halogens is 1. The monoisotopic (exact) mass is 299 g/mol. The normalized spacial score (nSPS) is 28.6. The van der Waals surface area contributed by atoms with E-state index in [1.165, 1.54) is 30.6 Å². The Bertz CT molecular complexity index is 407. The Labute approximate surface area is 126 Å². The molecule has 108 valence electrons. The van der Waals surface area contributed by atoms with Crippen molar-refractivity contribution in [3.8, 4) is 0 Å². The minimum Gasteiger partial charge on any atom is -0.317 e. The quantitative estimate of drug-likeness (QED) is 0.828. The fraction of sp³-hybridized carbons (Fsp3) is 0.750.